The summed E-state index contributed by atoms with van der Waals surface area (Å²) in [5.41, 5.74) is 1.50. The van der Waals surface area contributed by atoms with E-state index in [1.807, 2.05) is 6.07 Å². The Hall–Kier alpha value is -3.09. The Morgan fingerprint density at radius 1 is 1.12 bits per heavy atom. The van der Waals surface area contributed by atoms with Gasteiger partial charge in [0.2, 0.25) is 5.78 Å². The smallest absolute Gasteiger partial charge is 0.344 e. The molecule has 138 valence electrons. The average molecular weight is 359 g/mol. The summed E-state index contributed by atoms with van der Waals surface area (Å²) in [6, 6.07) is 8.81. The fourth-order valence-corrected chi connectivity index (χ4v) is 2.55. The van der Waals surface area contributed by atoms with Crippen molar-refractivity contribution in [1.82, 2.24) is 4.98 Å². The van der Waals surface area contributed by atoms with E-state index in [0.29, 0.717) is 22.6 Å². The Morgan fingerprint density at radius 3 is 2.38 bits per heavy atom. The maximum atomic E-state index is 12.6. The van der Waals surface area contributed by atoms with Gasteiger partial charge >= 0.3 is 11.9 Å². The number of carbonyl (C=O) groups is 3. The molecule has 2 aromatic rings. The van der Waals surface area contributed by atoms with Gasteiger partial charge in [-0.3, -0.25) is 4.79 Å². The van der Waals surface area contributed by atoms with Crippen LogP contribution in [0.15, 0.2) is 30.3 Å². The number of ether oxygens (including phenoxy) is 3. The van der Waals surface area contributed by atoms with Crippen LogP contribution >= 0.6 is 0 Å². The van der Waals surface area contributed by atoms with Gasteiger partial charge in [-0.1, -0.05) is 18.2 Å². The molecule has 7 nitrogen and oxygen atoms in total. The molecular weight excluding hydrogens is 338 g/mol. The molecule has 0 aliphatic carbocycles. The Morgan fingerprint density at radius 2 is 1.77 bits per heavy atom. The summed E-state index contributed by atoms with van der Waals surface area (Å²) in [5, 5.41) is 0. The molecule has 1 N–H and O–H groups in total. The van der Waals surface area contributed by atoms with E-state index in [9.17, 15) is 14.4 Å². The number of aromatic nitrogens is 1. The van der Waals surface area contributed by atoms with Crippen LogP contribution in [-0.4, -0.2) is 42.5 Å². The topological polar surface area (TPSA) is 94.7 Å². The summed E-state index contributed by atoms with van der Waals surface area (Å²) in [6.45, 7) is 4.46. The number of nitrogens with one attached hydrogen (secondary N) is 1. The molecule has 0 amide bonds. The molecule has 0 fully saturated rings. The van der Waals surface area contributed by atoms with Crippen LogP contribution in [0.4, 0.5) is 0 Å². The summed E-state index contributed by atoms with van der Waals surface area (Å²) in [7, 11) is 1.27. The largest absolute Gasteiger partial charge is 0.482 e. The van der Waals surface area contributed by atoms with Gasteiger partial charge in [-0.2, -0.15) is 0 Å². The van der Waals surface area contributed by atoms with Gasteiger partial charge < -0.3 is 19.2 Å². The molecule has 2 rings (SSSR count). The number of methoxy groups -OCH3 is 1. The van der Waals surface area contributed by atoms with Gasteiger partial charge in [0.05, 0.1) is 18.4 Å². The standard InChI is InChI=1S/C19H21NO6/c1-11-16(19(23)24-4)12(2)20-17(11)18(22)13(3)26-15(21)10-25-14-8-6-5-7-9-14/h5-9,13,20H,10H2,1-4H3/t13-/m1/s1. The molecule has 0 unspecified atom stereocenters. The Kier molecular flexibility index (Phi) is 6.16. The van der Waals surface area contributed by atoms with E-state index in [4.69, 9.17) is 14.2 Å². The highest BCUT2D eigenvalue weighted by molar-refractivity contribution is 6.03. The number of ketones is 1. The number of rotatable bonds is 7. The molecule has 0 aliphatic rings. The minimum Gasteiger partial charge on any atom is -0.482 e. The van der Waals surface area contributed by atoms with Gasteiger partial charge in [0.25, 0.3) is 0 Å². The Balaban J connectivity index is 2.01. The molecule has 0 radical (unpaired) electrons. The average Bonchev–Trinajstić information content (AvgIpc) is 2.93. The first-order valence-electron chi connectivity index (χ1n) is 8.04. The van der Waals surface area contributed by atoms with Crippen molar-refractivity contribution >= 4 is 17.7 Å². The summed E-state index contributed by atoms with van der Waals surface area (Å²) >= 11 is 0. The van der Waals surface area contributed by atoms with Crippen LogP contribution in [0.25, 0.3) is 0 Å². The number of para-hydroxylation sites is 1. The van der Waals surface area contributed by atoms with Crippen molar-refractivity contribution in [3.05, 3.63) is 52.8 Å². The van der Waals surface area contributed by atoms with Crippen molar-refractivity contribution in [2.75, 3.05) is 13.7 Å². The summed E-state index contributed by atoms with van der Waals surface area (Å²) < 4.78 is 15.1. The Bertz CT molecular complexity index is 809. The fourth-order valence-electron chi connectivity index (χ4n) is 2.55. The molecule has 1 atom stereocenters. The first-order chi connectivity index (χ1) is 12.3. The minimum absolute atomic E-state index is 0.215. The van der Waals surface area contributed by atoms with E-state index in [1.54, 1.807) is 38.1 Å². The van der Waals surface area contributed by atoms with Crippen LogP contribution < -0.4 is 4.74 Å². The molecule has 0 spiro atoms. The van der Waals surface area contributed by atoms with Gasteiger partial charge in [-0.15, -0.1) is 0 Å². The SMILES string of the molecule is COC(=O)c1c(C)[nH]c(C(=O)[C@@H](C)OC(=O)COc2ccccc2)c1C. The third kappa shape index (κ3) is 4.30. The zero-order chi connectivity index (χ0) is 19.3. The maximum absolute atomic E-state index is 12.6. The van der Waals surface area contributed by atoms with Crippen LogP contribution in [0.1, 0.15) is 39.0 Å². The van der Waals surface area contributed by atoms with Crippen molar-refractivity contribution in [2.24, 2.45) is 0 Å². The van der Waals surface area contributed by atoms with Gasteiger partial charge in [-0.25, -0.2) is 9.59 Å². The summed E-state index contributed by atoms with van der Waals surface area (Å²) in [5.74, 6) is -1.10. The van der Waals surface area contributed by atoms with E-state index in [2.05, 4.69) is 4.98 Å². The van der Waals surface area contributed by atoms with Crippen LogP contribution in [0.2, 0.25) is 0 Å². The number of H-pyrrole nitrogens is 1. The van der Waals surface area contributed by atoms with Crippen LogP contribution in [0.5, 0.6) is 5.75 Å². The van der Waals surface area contributed by atoms with Crippen molar-refractivity contribution < 1.29 is 28.6 Å². The second-order valence-corrected chi connectivity index (χ2v) is 5.71. The number of esters is 2. The lowest BCUT2D eigenvalue weighted by molar-refractivity contribution is -0.148. The Labute approximate surface area is 151 Å². The number of Topliss-reactive ketones (excluding diaryl/α,β-unsaturated/α-hetero) is 1. The zero-order valence-electron chi connectivity index (χ0n) is 15.1. The molecular formula is C19H21NO6. The third-order valence-corrected chi connectivity index (χ3v) is 3.85. The lowest BCUT2D eigenvalue weighted by Crippen LogP contribution is -2.28. The number of hydrogen-bond acceptors (Lipinski definition) is 6. The highest BCUT2D eigenvalue weighted by atomic mass is 16.6. The van der Waals surface area contributed by atoms with Gasteiger partial charge in [0.1, 0.15) is 5.75 Å². The second kappa shape index (κ2) is 8.33. The number of benzene rings is 1. The third-order valence-electron chi connectivity index (χ3n) is 3.85. The molecule has 0 aliphatic heterocycles. The number of aryl methyl sites for hydroxylation is 1. The summed E-state index contributed by atoms with van der Waals surface area (Å²) in [4.78, 5) is 39.1. The first-order valence-corrected chi connectivity index (χ1v) is 8.04. The van der Waals surface area contributed by atoms with Crippen molar-refractivity contribution in [3.63, 3.8) is 0 Å². The van der Waals surface area contributed by atoms with Crippen molar-refractivity contribution in [1.29, 1.82) is 0 Å². The molecule has 1 aromatic heterocycles. The van der Waals surface area contributed by atoms with Crippen LogP contribution in [0.3, 0.4) is 0 Å². The predicted molar refractivity (Wildman–Crippen MR) is 93.4 cm³/mol. The quantitative estimate of drug-likeness (QED) is 0.603. The molecule has 1 aromatic carbocycles. The monoisotopic (exact) mass is 359 g/mol. The van der Waals surface area contributed by atoms with E-state index >= 15 is 0 Å². The molecule has 0 saturated heterocycles. The summed E-state index contributed by atoms with van der Waals surface area (Å²) in [6.07, 6.45) is -1.02. The maximum Gasteiger partial charge on any atom is 0.344 e. The number of aromatic amines is 1. The molecule has 26 heavy (non-hydrogen) atoms. The molecule has 0 bridgehead atoms. The van der Waals surface area contributed by atoms with Gasteiger partial charge in [0.15, 0.2) is 12.7 Å². The molecule has 0 saturated carbocycles. The zero-order valence-corrected chi connectivity index (χ0v) is 15.1. The predicted octanol–water partition coefficient (Wildman–Crippen LogP) is 2.61. The van der Waals surface area contributed by atoms with Gasteiger partial charge in [0, 0.05) is 5.69 Å². The lowest BCUT2D eigenvalue weighted by atomic mass is 10.1. The second-order valence-electron chi connectivity index (χ2n) is 5.71. The first kappa shape index (κ1) is 19.2. The van der Waals surface area contributed by atoms with Crippen LogP contribution in [0, 0.1) is 13.8 Å². The number of carbonyl (C=O) groups excluding carboxylic acids is 3. The van der Waals surface area contributed by atoms with E-state index in [-0.39, 0.29) is 12.3 Å². The van der Waals surface area contributed by atoms with Gasteiger partial charge in [-0.05, 0) is 38.5 Å². The van der Waals surface area contributed by atoms with E-state index < -0.39 is 23.8 Å². The lowest BCUT2D eigenvalue weighted by Gasteiger charge is -2.12. The molecule has 1 heterocycles. The minimum atomic E-state index is -1.02. The van der Waals surface area contributed by atoms with Crippen LogP contribution in [-0.2, 0) is 14.3 Å². The molecule has 7 heteroatoms. The normalized spacial score (nSPS) is 11.5. The highest BCUT2D eigenvalue weighted by Gasteiger charge is 2.27. The highest BCUT2D eigenvalue weighted by Crippen LogP contribution is 2.20. The van der Waals surface area contributed by atoms with E-state index in [1.165, 1.54) is 14.0 Å². The van der Waals surface area contributed by atoms with Crippen molar-refractivity contribution in [3.8, 4) is 5.75 Å². The number of hydrogen-bond donors (Lipinski definition) is 1. The fraction of sp³-hybridized carbons (Fsp3) is 0.316. The van der Waals surface area contributed by atoms with E-state index in [0.717, 1.165) is 0 Å². The van der Waals surface area contributed by atoms with Crippen molar-refractivity contribution in [2.45, 2.75) is 26.9 Å².